The third-order valence-electron chi connectivity index (χ3n) is 3.76. The number of carbonyl (C=O) groups excluding carboxylic acids is 2. The van der Waals surface area contributed by atoms with Crippen molar-refractivity contribution >= 4 is 40.1 Å². The minimum absolute atomic E-state index is 0.201. The van der Waals surface area contributed by atoms with Gasteiger partial charge in [-0.15, -0.1) is 5.11 Å². The average Bonchev–Trinajstić information content (AvgIpc) is 2.51. The van der Waals surface area contributed by atoms with Crippen LogP contribution in [0.15, 0.2) is 51.6 Å². The Morgan fingerprint density at radius 2 is 2.09 bits per heavy atom. The van der Waals surface area contributed by atoms with E-state index in [0.29, 0.717) is 11.4 Å². The molecule has 0 saturated heterocycles. The molecule has 1 aromatic carbocycles. The van der Waals surface area contributed by atoms with Gasteiger partial charge in [-0.25, -0.2) is 4.39 Å². The number of hydrogen-bond acceptors (Lipinski definition) is 4. The number of nitrogens with zero attached hydrogens (tertiary/aromatic N) is 3. The van der Waals surface area contributed by atoms with Crippen molar-refractivity contribution in [1.29, 1.82) is 0 Å². The van der Waals surface area contributed by atoms with E-state index in [1.165, 1.54) is 17.2 Å². The van der Waals surface area contributed by atoms with Gasteiger partial charge in [0, 0.05) is 16.3 Å². The van der Waals surface area contributed by atoms with Crippen LogP contribution in [-0.4, -0.2) is 23.8 Å². The van der Waals surface area contributed by atoms with E-state index in [9.17, 15) is 14.0 Å². The number of hydrogen-bond donors (Lipinski definition) is 1. The van der Waals surface area contributed by atoms with Gasteiger partial charge in [0.25, 0.3) is 5.91 Å². The highest BCUT2D eigenvalue weighted by Gasteiger charge is 2.38. The molecular weight excluding hydrogens is 414 g/mol. The summed E-state index contributed by atoms with van der Waals surface area (Å²) in [6.07, 6.45) is 1.35. The van der Waals surface area contributed by atoms with Crippen LogP contribution in [-0.2, 0) is 9.59 Å². The minimum Gasteiger partial charge on any atom is -0.355 e. The second-order valence-electron chi connectivity index (χ2n) is 5.19. The van der Waals surface area contributed by atoms with Gasteiger partial charge in [-0.3, -0.25) is 9.59 Å². The SMILES string of the molecule is CC1C(=O)N(C)C2=CN=NC(=O)C2=C1Nc1ccc(I)cc1F. The molecule has 0 spiro atoms. The van der Waals surface area contributed by atoms with Crippen molar-refractivity contribution in [2.75, 3.05) is 12.4 Å². The fourth-order valence-electron chi connectivity index (χ4n) is 2.52. The van der Waals surface area contributed by atoms with E-state index in [2.05, 4.69) is 15.5 Å². The maximum Gasteiger partial charge on any atom is 0.299 e. The molecule has 1 unspecified atom stereocenters. The van der Waals surface area contributed by atoms with Crippen molar-refractivity contribution in [3.63, 3.8) is 0 Å². The molecule has 3 rings (SSSR count). The Hall–Kier alpha value is -2.10. The van der Waals surface area contributed by atoms with E-state index in [1.807, 2.05) is 22.6 Å². The average molecular weight is 426 g/mol. The lowest BCUT2D eigenvalue weighted by atomic mass is 9.92. The highest BCUT2D eigenvalue weighted by molar-refractivity contribution is 14.1. The Balaban J connectivity index is 2.12. The van der Waals surface area contributed by atoms with Gasteiger partial charge >= 0.3 is 0 Å². The zero-order valence-electron chi connectivity index (χ0n) is 12.3. The van der Waals surface area contributed by atoms with Crippen LogP contribution >= 0.6 is 22.6 Å². The Bertz CT molecular complexity index is 816. The maximum atomic E-state index is 14.1. The molecule has 118 valence electrons. The number of rotatable bonds is 2. The second-order valence-corrected chi connectivity index (χ2v) is 6.44. The number of halogens is 2. The van der Waals surface area contributed by atoms with Crippen LogP contribution in [0.2, 0.25) is 0 Å². The molecule has 0 aromatic heterocycles. The van der Waals surface area contributed by atoms with Crippen LogP contribution in [0.4, 0.5) is 10.1 Å². The summed E-state index contributed by atoms with van der Waals surface area (Å²) >= 11 is 2.00. The lowest BCUT2D eigenvalue weighted by Crippen LogP contribution is -2.41. The largest absolute Gasteiger partial charge is 0.355 e. The molecule has 2 aliphatic rings. The van der Waals surface area contributed by atoms with Gasteiger partial charge in [-0.05, 0) is 47.7 Å². The summed E-state index contributed by atoms with van der Waals surface area (Å²) in [5.41, 5.74) is 1.14. The highest BCUT2D eigenvalue weighted by atomic mass is 127. The summed E-state index contributed by atoms with van der Waals surface area (Å²) in [7, 11) is 1.57. The Morgan fingerprint density at radius 3 is 2.78 bits per heavy atom. The Morgan fingerprint density at radius 1 is 1.35 bits per heavy atom. The van der Waals surface area contributed by atoms with Crippen LogP contribution < -0.4 is 5.32 Å². The molecule has 1 N–H and O–H groups in total. The van der Waals surface area contributed by atoms with Gasteiger partial charge in [0.05, 0.1) is 29.1 Å². The second kappa shape index (κ2) is 5.84. The molecule has 2 amide bonds. The molecule has 2 heterocycles. The molecule has 8 heteroatoms. The summed E-state index contributed by atoms with van der Waals surface area (Å²) in [6, 6.07) is 4.67. The van der Waals surface area contributed by atoms with E-state index in [1.54, 1.807) is 26.1 Å². The number of amides is 2. The zero-order chi connectivity index (χ0) is 16.7. The first-order valence-corrected chi connectivity index (χ1v) is 7.87. The van der Waals surface area contributed by atoms with E-state index >= 15 is 0 Å². The van der Waals surface area contributed by atoms with Crippen LogP contribution in [0.5, 0.6) is 0 Å². The zero-order valence-corrected chi connectivity index (χ0v) is 14.5. The molecule has 0 radical (unpaired) electrons. The van der Waals surface area contributed by atoms with Gasteiger partial charge in [-0.2, -0.15) is 5.11 Å². The molecular formula is C15H12FIN4O2. The quantitative estimate of drug-likeness (QED) is 0.740. The van der Waals surface area contributed by atoms with Crippen LogP contribution in [0.1, 0.15) is 6.92 Å². The molecule has 0 saturated carbocycles. The number of anilines is 1. The van der Waals surface area contributed by atoms with Crippen LogP contribution in [0.3, 0.4) is 0 Å². The fraction of sp³-hybridized carbons (Fsp3) is 0.200. The van der Waals surface area contributed by atoms with Crippen molar-refractivity contribution in [3.05, 3.63) is 50.8 Å². The molecule has 2 aliphatic heterocycles. The third kappa shape index (κ3) is 2.67. The molecule has 6 nitrogen and oxygen atoms in total. The molecule has 0 bridgehead atoms. The van der Waals surface area contributed by atoms with Crippen molar-refractivity contribution in [1.82, 2.24) is 4.90 Å². The number of likely N-dealkylation sites (N-methyl/N-ethyl adjacent to an activating group) is 1. The lowest BCUT2D eigenvalue weighted by Gasteiger charge is -2.33. The Kier molecular flexibility index (Phi) is 4.00. The number of azo groups is 1. The topological polar surface area (TPSA) is 74.1 Å². The predicted octanol–water partition coefficient (Wildman–Crippen LogP) is 3.04. The summed E-state index contributed by atoms with van der Waals surface area (Å²) < 4.78 is 14.8. The molecule has 1 atom stereocenters. The standard InChI is InChI=1S/C15H12FIN4O2/c1-7-13(19-10-4-3-8(17)5-9(10)16)12-11(21(2)15(7)23)6-18-20-14(12)22/h3-7,19H,1-2H3. The number of nitrogens with one attached hydrogen (secondary N) is 1. The maximum absolute atomic E-state index is 14.1. The summed E-state index contributed by atoms with van der Waals surface area (Å²) in [5.74, 6) is -1.84. The predicted molar refractivity (Wildman–Crippen MR) is 89.6 cm³/mol. The third-order valence-corrected chi connectivity index (χ3v) is 4.43. The van der Waals surface area contributed by atoms with Gasteiger partial charge in [-0.1, -0.05) is 0 Å². The minimum atomic E-state index is -0.622. The Labute approximate surface area is 145 Å². The number of carbonyl (C=O) groups is 2. The van der Waals surface area contributed by atoms with Crippen LogP contribution in [0.25, 0.3) is 0 Å². The molecule has 0 fully saturated rings. The van der Waals surface area contributed by atoms with Gasteiger partial charge in [0.1, 0.15) is 5.82 Å². The normalized spacial score (nSPS) is 20.6. The first-order chi connectivity index (χ1) is 10.9. The van der Waals surface area contributed by atoms with Crippen molar-refractivity contribution in [2.45, 2.75) is 6.92 Å². The summed E-state index contributed by atoms with van der Waals surface area (Å²) in [5, 5.41) is 10.0. The van der Waals surface area contributed by atoms with Crippen molar-refractivity contribution in [2.24, 2.45) is 16.1 Å². The van der Waals surface area contributed by atoms with Crippen molar-refractivity contribution in [3.8, 4) is 0 Å². The van der Waals surface area contributed by atoms with Crippen LogP contribution in [0, 0.1) is 15.3 Å². The first-order valence-electron chi connectivity index (χ1n) is 6.79. The van der Waals surface area contributed by atoms with Crippen molar-refractivity contribution < 1.29 is 14.0 Å². The fourth-order valence-corrected chi connectivity index (χ4v) is 2.98. The van der Waals surface area contributed by atoms with Gasteiger partial charge in [0.15, 0.2) is 0 Å². The van der Waals surface area contributed by atoms with E-state index in [4.69, 9.17) is 0 Å². The first kappa shape index (κ1) is 15.8. The molecule has 23 heavy (non-hydrogen) atoms. The van der Waals surface area contributed by atoms with Gasteiger partial charge in [0.2, 0.25) is 5.91 Å². The van der Waals surface area contributed by atoms with Gasteiger partial charge < -0.3 is 10.2 Å². The highest BCUT2D eigenvalue weighted by Crippen LogP contribution is 2.35. The number of fused-ring (bicyclic) bond motifs is 1. The molecule has 0 aliphatic carbocycles. The number of benzene rings is 1. The van der Waals surface area contributed by atoms with E-state index in [0.717, 1.165) is 3.57 Å². The van der Waals surface area contributed by atoms with E-state index in [-0.39, 0.29) is 17.2 Å². The monoisotopic (exact) mass is 426 g/mol. The summed E-state index contributed by atoms with van der Waals surface area (Å²) in [6.45, 7) is 1.66. The smallest absolute Gasteiger partial charge is 0.299 e. The lowest BCUT2D eigenvalue weighted by molar-refractivity contribution is -0.131. The summed E-state index contributed by atoms with van der Waals surface area (Å²) in [4.78, 5) is 25.9. The van der Waals surface area contributed by atoms with E-state index < -0.39 is 17.6 Å². The molecule has 1 aromatic rings.